The van der Waals surface area contributed by atoms with Gasteiger partial charge in [-0.3, -0.25) is 0 Å². The van der Waals surface area contributed by atoms with E-state index in [-0.39, 0.29) is 0 Å². The van der Waals surface area contributed by atoms with Crippen LogP contribution in [-0.4, -0.2) is 19.6 Å². The normalized spacial score (nSPS) is 10.9. The second-order valence-electron chi connectivity index (χ2n) is 18.7. The van der Waals surface area contributed by atoms with Crippen molar-refractivity contribution in [1.29, 1.82) is 0 Å². The van der Waals surface area contributed by atoms with E-state index < -0.39 is 8.60 Å². The molecule has 0 heterocycles. The molecule has 0 radical (unpaired) electrons. The molecule has 0 fully saturated rings. The second kappa shape index (κ2) is 71.8. The van der Waals surface area contributed by atoms with Gasteiger partial charge in [-0.15, -0.1) is 0 Å². The largest absolute Gasteiger partial charge is 0.854 e. The highest BCUT2D eigenvalue weighted by Gasteiger charge is 1.97. The maximum Gasteiger partial charge on any atom is 0.0739 e. The summed E-state index contributed by atoms with van der Waals surface area (Å²) in [5, 5.41) is 0. The molecule has 0 spiro atoms. The Hall–Kier alpha value is 0.190. The third kappa shape index (κ3) is 87.8. The fourth-order valence-corrected chi connectivity index (χ4v) is 8.17. The van der Waals surface area contributed by atoms with Gasteiger partial charge >= 0.3 is 0 Å². The number of rotatable bonds is 48. The number of quaternary nitrogens is 3. The molecule has 61 heavy (non-hydrogen) atoms. The first-order valence-corrected chi connectivity index (χ1v) is 29.3. The third-order valence-corrected chi connectivity index (χ3v) is 12.3. The van der Waals surface area contributed by atoms with E-state index in [1.54, 1.807) is 0 Å². The predicted octanol–water partition coefficient (Wildman–Crippen LogP) is 13.8. The van der Waals surface area contributed by atoms with E-state index in [2.05, 4.69) is 38.0 Å². The van der Waals surface area contributed by atoms with Crippen LogP contribution in [0.15, 0.2) is 0 Å². The molecule has 374 valence electrons. The van der Waals surface area contributed by atoms with Gasteiger partial charge in [0.2, 0.25) is 0 Å². The average Bonchev–Trinajstić information content (AvgIpc) is 3.25. The van der Waals surface area contributed by atoms with Gasteiger partial charge in [-0.05, 0) is 38.5 Å². The standard InChI is InChI=1S/3C18H39N.O3P/c3*1-2-3-4-5-6-7-8-9-10-11-12-13-14-15-16-17-18-19;1-4(2)3/h3*2-19H2,1H3;/q;;;-3/p+3. The lowest BCUT2D eigenvalue weighted by Gasteiger charge is -2.39. The van der Waals surface area contributed by atoms with E-state index in [9.17, 15) is 0 Å². The van der Waals surface area contributed by atoms with Gasteiger partial charge in [-0.2, -0.15) is 0 Å². The minimum atomic E-state index is -3.37. The van der Waals surface area contributed by atoms with Gasteiger partial charge in [0.25, 0.3) is 0 Å². The van der Waals surface area contributed by atoms with Crippen LogP contribution in [0, 0.1) is 0 Å². The zero-order valence-electron chi connectivity index (χ0n) is 42.9. The Morgan fingerprint density at radius 1 is 0.197 bits per heavy atom. The highest BCUT2D eigenvalue weighted by molar-refractivity contribution is 7.33. The van der Waals surface area contributed by atoms with Gasteiger partial charge in [0.15, 0.2) is 0 Å². The molecule has 0 aliphatic rings. The summed E-state index contributed by atoms with van der Waals surface area (Å²) in [4.78, 5) is 25.4. The first-order chi connectivity index (χ1) is 30.0. The molecule has 0 aliphatic heterocycles. The average molecular weight is 891 g/mol. The van der Waals surface area contributed by atoms with Crippen LogP contribution in [0.25, 0.3) is 0 Å². The van der Waals surface area contributed by atoms with E-state index in [0.29, 0.717) is 0 Å². The van der Waals surface area contributed by atoms with Crippen molar-refractivity contribution >= 4 is 8.60 Å². The topological polar surface area (TPSA) is 152 Å². The minimum absolute atomic E-state index is 1.12. The van der Waals surface area contributed by atoms with E-state index in [1.165, 1.54) is 308 Å². The highest BCUT2D eigenvalue weighted by atomic mass is 31.2. The van der Waals surface area contributed by atoms with Gasteiger partial charge in [-0.25, -0.2) is 0 Å². The molecule has 6 nitrogen and oxygen atoms in total. The minimum Gasteiger partial charge on any atom is -0.854 e. The maximum absolute atomic E-state index is 8.48. The summed E-state index contributed by atoms with van der Waals surface area (Å²) in [6.45, 7) is 10.2. The maximum atomic E-state index is 8.48. The Labute approximate surface area is 387 Å². The Morgan fingerprint density at radius 2 is 0.279 bits per heavy atom. The van der Waals surface area contributed by atoms with Crippen LogP contribution in [0.5, 0.6) is 0 Å². The van der Waals surface area contributed by atoms with Gasteiger partial charge in [-0.1, -0.05) is 290 Å². The summed E-state index contributed by atoms with van der Waals surface area (Å²) in [6.07, 6.45) is 69.6. The molecule has 0 rings (SSSR count). The lowest BCUT2D eigenvalue weighted by atomic mass is 10.0. The molecule has 0 atom stereocenters. The molecule has 0 aromatic rings. The Bertz CT molecular complexity index is 529. The van der Waals surface area contributed by atoms with Crippen LogP contribution in [0.4, 0.5) is 0 Å². The second-order valence-corrected chi connectivity index (χ2v) is 19.1. The molecule has 0 amide bonds. The molecule has 7 heteroatoms. The summed E-state index contributed by atoms with van der Waals surface area (Å²) in [7, 11) is -3.37. The van der Waals surface area contributed by atoms with Crippen LogP contribution in [0.3, 0.4) is 0 Å². The van der Waals surface area contributed by atoms with Crippen molar-refractivity contribution in [3.8, 4) is 0 Å². The van der Waals surface area contributed by atoms with Crippen LogP contribution < -0.4 is 31.9 Å². The lowest BCUT2D eigenvalue weighted by Crippen LogP contribution is -2.50. The SMILES string of the molecule is CCCCCCCCCCCCCCCCCC[NH3+].CCCCCCCCCCCCCCCCCC[NH3+].CCCCCCCCCCCCCCCCCC[NH3+].[O-]P([O-])[O-]. The monoisotopic (exact) mass is 890 g/mol. The van der Waals surface area contributed by atoms with Crippen molar-refractivity contribution in [3.05, 3.63) is 0 Å². The smallest absolute Gasteiger partial charge is 0.0739 e. The lowest BCUT2D eigenvalue weighted by molar-refractivity contribution is -0.408. The molecule has 0 bridgehead atoms. The number of unbranched alkanes of at least 4 members (excludes halogenated alkanes) is 45. The summed E-state index contributed by atoms with van der Waals surface area (Å²) in [5.74, 6) is 0. The van der Waals surface area contributed by atoms with E-state index >= 15 is 0 Å². The molecule has 0 saturated carbocycles. The quantitative estimate of drug-likeness (QED) is 0.0412. The van der Waals surface area contributed by atoms with Gasteiger partial charge < -0.3 is 40.5 Å². The highest BCUT2D eigenvalue weighted by Crippen LogP contribution is 2.16. The zero-order chi connectivity index (χ0) is 45.6. The van der Waals surface area contributed by atoms with Crippen molar-refractivity contribution in [1.82, 2.24) is 0 Å². The van der Waals surface area contributed by atoms with Gasteiger partial charge in [0.1, 0.15) is 0 Å². The number of hydrogen-bond donors (Lipinski definition) is 3. The van der Waals surface area contributed by atoms with Crippen molar-refractivity contribution < 1.29 is 31.9 Å². The van der Waals surface area contributed by atoms with Crippen LogP contribution >= 0.6 is 8.60 Å². The molecular formula is C54H120N3O3P. The molecule has 0 unspecified atom stereocenters. The summed E-state index contributed by atoms with van der Waals surface area (Å²) >= 11 is 0. The number of hydrogen-bond acceptors (Lipinski definition) is 3. The molecule has 9 N–H and O–H groups in total. The van der Waals surface area contributed by atoms with Gasteiger partial charge in [0.05, 0.1) is 19.6 Å². The zero-order valence-corrected chi connectivity index (χ0v) is 43.8. The molecular weight excluding hydrogens is 770 g/mol. The van der Waals surface area contributed by atoms with Crippen LogP contribution in [-0.2, 0) is 0 Å². The Morgan fingerprint density at radius 3 is 0.361 bits per heavy atom. The first kappa shape index (κ1) is 67.8. The summed E-state index contributed by atoms with van der Waals surface area (Å²) in [6, 6.07) is 0. The summed E-state index contributed by atoms with van der Waals surface area (Å²) < 4.78 is 0. The Balaban J connectivity index is -0.000000381. The molecule has 0 aromatic carbocycles. The van der Waals surface area contributed by atoms with Crippen LogP contribution in [0.2, 0.25) is 0 Å². The van der Waals surface area contributed by atoms with Crippen molar-refractivity contribution in [2.75, 3.05) is 19.6 Å². The molecule has 0 aliphatic carbocycles. The fourth-order valence-electron chi connectivity index (χ4n) is 8.17. The predicted molar refractivity (Wildman–Crippen MR) is 269 cm³/mol. The van der Waals surface area contributed by atoms with E-state index in [1.807, 2.05) is 0 Å². The van der Waals surface area contributed by atoms with Gasteiger partial charge in [0, 0.05) is 0 Å². The van der Waals surface area contributed by atoms with Crippen LogP contribution in [0.1, 0.15) is 329 Å². The van der Waals surface area contributed by atoms with E-state index in [4.69, 9.17) is 14.7 Å². The first-order valence-electron chi connectivity index (χ1n) is 28.2. The van der Waals surface area contributed by atoms with E-state index in [0.717, 1.165) is 19.6 Å². The molecule has 0 saturated heterocycles. The van der Waals surface area contributed by atoms with Crippen molar-refractivity contribution in [2.45, 2.75) is 329 Å². The Kier molecular flexibility index (Phi) is 79.8. The van der Waals surface area contributed by atoms with Crippen molar-refractivity contribution in [2.24, 2.45) is 0 Å². The van der Waals surface area contributed by atoms with Crippen molar-refractivity contribution in [3.63, 3.8) is 0 Å². The molecule has 0 aromatic heterocycles. The third-order valence-electron chi connectivity index (χ3n) is 12.3. The fraction of sp³-hybridized carbons (Fsp3) is 1.00. The summed E-state index contributed by atoms with van der Waals surface area (Å²) in [5.41, 5.74) is 11.7.